The lowest BCUT2D eigenvalue weighted by atomic mass is 9.93. The van der Waals surface area contributed by atoms with Crippen LogP contribution in [0.25, 0.3) is 0 Å². The Morgan fingerprint density at radius 2 is 2.56 bits per heavy atom. The maximum atomic E-state index is 5.48. The number of hydrogen-bond donors (Lipinski definition) is 1. The first-order valence-electron chi connectivity index (χ1n) is 6.13. The third kappa shape index (κ3) is 2.80. The van der Waals surface area contributed by atoms with Crippen LogP contribution in [0, 0.1) is 5.92 Å². The molecule has 0 radical (unpaired) electrons. The molecule has 1 aromatic rings. The predicted octanol–water partition coefficient (Wildman–Crippen LogP) is 2.16. The van der Waals surface area contributed by atoms with E-state index in [0.717, 1.165) is 32.6 Å². The minimum absolute atomic E-state index is 0.399. The Balaban J connectivity index is 2.07. The Hall–Kier alpha value is -0.930. The van der Waals surface area contributed by atoms with E-state index in [2.05, 4.69) is 23.3 Å². The molecule has 1 fully saturated rings. The molecule has 0 aliphatic carbocycles. The first kappa shape index (κ1) is 11.6. The molecule has 0 amide bonds. The lowest BCUT2D eigenvalue weighted by Crippen LogP contribution is -2.29. The third-order valence-electron chi connectivity index (χ3n) is 3.09. The molecule has 1 aliphatic heterocycles. The molecule has 2 atom stereocenters. The predicted molar refractivity (Wildman–Crippen MR) is 64.2 cm³/mol. The average Bonchev–Trinajstić information content (AvgIpc) is 2.85. The van der Waals surface area contributed by atoms with Gasteiger partial charge in [0, 0.05) is 31.0 Å². The highest BCUT2D eigenvalue weighted by Crippen LogP contribution is 2.28. The van der Waals surface area contributed by atoms with E-state index in [1.54, 1.807) is 0 Å². The summed E-state index contributed by atoms with van der Waals surface area (Å²) in [5.41, 5.74) is 1.28. The van der Waals surface area contributed by atoms with Gasteiger partial charge >= 0.3 is 0 Å². The zero-order valence-electron chi connectivity index (χ0n) is 9.86. The van der Waals surface area contributed by atoms with Gasteiger partial charge in [-0.05, 0) is 31.0 Å². The van der Waals surface area contributed by atoms with Crippen LogP contribution < -0.4 is 5.32 Å². The van der Waals surface area contributed by atoms with E-state index in [9.17, 15) is 0 Å². The maximum Gasteiger partial charge on any atom is 0.0513 e. The van der Waals surface area contributed by atoms with Crippen molar-refractivity contribution in [3.8, 4) is 0 Å². The molecule has 0 spiro atoms. The van der Waals surface area contributed by atoms with Crippen molar-refractivity contribution in [1.29, 1.82) is 0 Å². The number of ether oxygens (including phenoxy) is 1. The third-order valence-corrected chi connectivity index (χ3v) is 3.09. The summed E-state index contributed by atoms with van der Waals surface area (Å²) in [6.45, 7) is 5.01. The minimum Gasteiger partial charge on any atom is -0.381 e. The van der Waals surface area contributed by atoms with Crippen molar-refractivity contribution in [2.45, 2.75) is 25.8 Å². The van der Waals surface area contributed by atoms with Gasteiger partial charge in [0.15, 0.2) is 0 Å². The Morgan fingerprint density at radius 3 is 3.19 bits per heavy atom. The van der Waals surface area contributed by atoms with E-state index in [1.165, 1.54) is 5.56 Å². The second kappa shape index (κ2) is 5.97. The largest absolute Gasteiger partial charge is 0.381 e. The first-order valence-corrected chi connectivity index (χ1v) is 6.13. The Morgan fingerprint density at radius 1 is 1.62 bits per heavy atom. The summed E-state index contributed by atoms with van der Waals surface area (Å²) in [6, 6.07) is 4.56. The van der Waals surface area contributed by atoms with Crippen molar-refractivity contribution in [3.05, 3.63) is 30.1 Å². The fraction of sp³-hybridized carbons (Fsp3) is 0.615. The van der Waals surface area contributed by atoms with Gasteiger partial charge in [0.1, 0.15) is 0 Å². The monoisotopic (exact) mass is 220 g/mol. The number of rotatable bonds is 5. The summed E-state index contributed by atoms with van der Waals surface area (Å²) in [7, 11) is 0. The van der Waals surface area contributed by atoms with Crippen molar-refractivity contribution in [1.82, 2.24) is 10.3 Å². The summed E-state index contributed by atoms with van der Waals surface area (Å²) < 4.78 is 5.48. The highest BCUT2D eigenvalue weighted by atomic mass is 16.5. The van der Waals surface area contributed by atoms with Gasteiger partial charge < -0.3 is 10.1 Å². The summed E-state index contributed by atoms with van der Waals surface area (Å²) in [5, 5.41) is 3.61. The highest BCUT2D eigenvalue weighted by Gasteiger charge is 2.26. The van der Waals surface area contributed by atoms with E-state index in [4.69, 9.17) is 4.74 Å². The SMILES string of the molecule is CCCNC(c1cccnc1)C1CCOC1. The van der Waals surface area contributed by atoms with Gasteiger partial charge in [-0.2, -0.15) is 0 Å². The van der Waals surface area contributed by atoms with E-state index in [-0.39, 0.29) is 0 Å². The summed E-state index contributed by atoms with van der Waals surface area (Å²) in [6.07, 6.45) is 6.10. The van der Waals surface area contributed by atoms with Gasteiger partial charge in [0.25, 0.3) is 0 Å². The van der Waals surface area contributed by atoms with Crippen molar-refractivity contribution >= 4 is 0 Å². The van der Waals surface area contributed by atoms with Crippen molar-refractivity contribution in [3.63, 3.8) is 0 Å². The molecule has 3 heteroatoms. The molecule has 2 heterocycles. The summed E-state index contributed by atoms with van der Waals surface area (Å²) in [5.74, 6) is 0.593. The van der Waals surface area contributed by atoms with Crippen LogP contribution in [0.4, 0.5) is 0 Å². The Labute approximate surface area is 97.2 Å². The lowest BCUT2D eigenvalue weighted by Gasteiger charge is -2.23. The van der Waals surface area contributed by atoms with Gasteiger partial charge in [-0.1, -0.05) is 13.0 Å². The average molecular weight is 220 g/mol. The minimum atomic E-state index is 0.399. The van der Waals surface area contributed by atoms with Crippen LogP contribution in [-0.4, -0.2) is 24.7 Å². The Kier molecular flexibility index (Phi) is 4.31. The van der Waals surface area contributed by atoms with Gasteiger partial charge in [-0.25, -0.2) is 0 Å². The van der Waals surface area contributed by atoms with Gasteiger partial charge in [0.2, 0.25) is 0 Å². The topological polar surface area (TPSA) is 34.2 Å². The van der Waals surface area contributed by atoms with E-state index in [1.807, 2.05) is 18.5 Å². The quantitative estimate of drug-likeness (QED) is 0.825. The molecule has 1 N–H and O–H groups in total. The van der Waals surface area contributed by atoms with Crippen molar-refractivity contribution in [2.24, 2.45) is 5.92 Å². The zero-order chi connectivity index (χ0) is 11.2. The van der Waals surface area contributed by atoms with Gasteiger partial charge in [-0.15, -0.1) is 0 Å². The molecule has 16 heavy (non-hydrogen) atoms. The molecular weight excluding hydrogens is 200 g/mol. The smallest absolute Gasteiger partial charge is 0.0513 e. The molecular formula is C13H20N2O. The molecule has 1 aromatic heterocycles. The summed E-state index contributed by atoms with van der Waals surface area (Å²) >= 11 is 0. The highest BCUT2D eigenvalue weighted by molar-refractivity contribution is 5.15. The molecule has 0 bridgehead atoms. The molecule has 3 nitrogen and oxygen atoms in total. The summed E-state index contributed by atoms with van der Waals surface area (Å²) in [4.78, 5) is 4.20. The van der Waals surface area contributed by atoms with Crippen molar-refractivity contribution in [2.75, 3.05) is 19.8 Å². The van der Waals surface area contributed by atoms with Crippen LogP contribution in [0.1, 0.15) is 31.4 Å². The molecule has 0 aromatic carbocycles. The molecule has 0 saturated carbocycles. The number of aromatic nitrogens is 1. The van der Waals surface area contributed by atoms with E-state index < -0.39 is 0 Å². The van der Waals surface area contributed by atoms with Gasteiger partial charge in [0.05, 0.1) is 6.61 Å². The van der Waals surface area contributed by atoms with Crippen LogP contribution in [0.2, 0.25) is 0 Å². The van der Waals surface area contributed by atoms with Crippen LogP contribution in [0.5, 0.6) is 0 Å². The van der Waals surface area contributed by atoms with E-state index >= 15 is 0 Å². The molecule has 88 valence electrons. The maximum absolute atomic E-state index is 5.48. The Bertz CT molecular complexity index is 296. The second-order valence-corrected chi connectivity index (χ2v) is 4.34. The fourth-order valence-electron chi connectivity index (χ4n) is 2.23. The number of nitrogens with one attached hydrogen (secondary N) is 1. The van der Waals surface area contributed by atoms with Crippen LogP contribution in [0.15, 0.2) is 24.5 Å². The molecule has 2 unspecified atom stereocenters. The molecule has 1 saturated heterocycles. The second-order valence-electron chi connectivity index (χ2n) is 4.34. The zero-order valence-corrected chi connectivity index (χ0v) is 9.86. The van der Waals surface area contributed by atoms with Crippen LogP contribution >= 0.6 is 0 Å². The fourth-order valence-corrected chi connectivity index (χ4v) is 2.23. The standard InChI is InChI=1S/C13H20N2O/c1-2-6-15-13(12-5-8-16-10-12)11-4-3-7-14-9-11/h3-4,7,9,12-13,15H,2,5-6,8,10H2,1H3. The van der Waals surface area contributed by atoms with Crippen LogP contribution in [0.3, 0.4) is 0 Å². The van der Waals surface area contributed by atoms with E-state index in [0.29, 0.717) is 12.0 Å². The van der Waals surface area contributed by atoms with Gasteiger partial charge in [-0.3, -0.25) is 4.98 Å². The van der Waals surface area contributed by atoms with Crippen molar-refractivity contribution < 1.29 is 4.74 Å². The lowest BCUT2D eigenvalue weighted by molar-refractivity contribution is 0.176. The van der Waals surface area contributed by atoms with Crippen LogP contribution in [-0.2, 0) is 4.74 Å². The number of nitrogens with zero attached hydrogens (tertiary/aromatic N) is 1. The number of pyridine rings is 1. The normalized spacial score (nSPS) is 22.2. The first-order chi connectivity index (χ1) is 7.92. The molecule has 2 rings (SSSR count). The molecule has 1 aliphatic rings. The number of hydrogen-bond acceptors (Lipinski definition) is 3.